The molecule has 90 valence electrons. The zero-order valence-corrected chi connectivity index (χ0v) is 10.6. The smallest absolute Gasteiger partial charge is 0.146 e. The summed E-state index contributed by atoms with van der Waals surface area (Å²) < 4.78 is 27.4. The molecule has 0 unspecified atom stereocenters. The molecule has 1 aromatic heterocycles. The van der Waals surface area contributed by atoms with Gasteiger partial charge in [0, 0.05) is 17.5 Å². The van der Waals surface area contributed by atoms with E-state index in [1.54, 1.807) is 6.07 Å². The highest BCUT2D eigenvalue weighted by Gasteiger charge is 2.07. The predicted octanol–water partition coefficient (Wildman–Crippen LogP) is 4.60. The van der Waals surface area contributed by atoms with Crippen LogP contribution in [0.4, 0.5) is 14.5 Å². The minimum absolute atomic E-state index is 0.164. The Morgan fingerprint density at radius 2 is 2.00 bits per heavy atom. The van der Waals surface area contributed by atoms with E-state index in [4.69, 9.17) is 11.6 Å². The average molecular weight is 274 g/mol. The monoisotopic (exact) mass is 273 g/mol. The lowest BCUT2D eigenvalue weighted by Crippen LogP contribution is -2.01. The van der Waals surface area contributed by atoms with Gasteiger partial charge < -0.3 is 5.32 Å². The van der Waals surface area contributed by atoms with Gasteiger partial charge in [-0.2, -0.15) is 0 Å². The van der Waals surface area contributed by atoms with Crippen molar-refractivity contribution in [1.82, 2.24) is 0 Å². The van der Waals surface area contributed by atoms with Crippen LogP contribution in [-0.2, 0) is 6.54 Å². The first kappa shape index (κ1) is 12.3. The summed E-state index contributed by atoms with van der Waals surface area (Å²) in [5.41, 5.74) is 0.463. The molecule has 0 bridgehead atoms. The Balaban J connectivity index is 2.11. The van der Waals surface area contributed by atoms with Crippen LogP contribution >= 0.6 is 22.9 Å². The molecule has 0 saturated heterocycles. The van der Waals surface area contributed by atoms with E-state index in [-0.39, 0.29) is 5.69 Å². The zero-order valence-electron chi connectivity index (χ0n) is 9.06. The Morgan fingerprint density at radius 1 is 1.24 bits per heavy atom. The summed E-state index contributed by atoms with van der Waals surface area (Å²) in [6, 6.07) is 5.97. The van der Waals surface area contributed by atoms with Crippen LogP contribution < -0.4 is 5.32 Å². The maximum atomic E-state index is 13.5. The van der Waals surface area contributed by atoms with E-state index in [2.05, 4.69) is 5.32 Å². The topological polar surface area (TPSA) is 12.0 Å². The van der Waals surface area contributed by atoms with Crippen molar-refractivity contribution < 1.29 is 8.78 Å². The molecular formula is C12H10ClF2NS. The molecule has 1 heterocycles. The van der Waals surface area contributed by atoms with Gasteiger partial charge in [0.2, 0.25) is 0 Å². The number of nitrogens with one attached hydrogen (secondary N) is 1. The molecular weight excluding hydrogens is 264 g/mol. The van der Waals surface area contributed by atoms with E-state index in [0.29, 0.717) is 16.4 Å². The number of benzene rings is 1. The van der Waals surface area contributed by atoms with E-state index in [1.165, 1.54) is 30.4 Å². The molecule has 0 spiro atoms. The van der Waals surface area contributed by atoms with E-state index >= 15 is 0 Å². The van der Waals surface area contributed by atoms with Gasteiger partial charge in [0.15, 0.2) is 0 Å². The highest BCUT2D eigenvalue weighted by molar-refractivity contribution is 7.16. The molecule has 5 heteroatoms. The summed E-state index contributed by atoms with van der Waals surface area (Å²) in [6.45, 7) is 1.96. The first-order valence-corrected chi connectivity index (χ1v) is 6.19. The third-order valence-electron chi connectivity index (χ3n) is 2.33. The second-order valence-electron chi connectivity index (χ2n) is 3.64. The molecule has 0 aliphatic heterocycles. The summed E-state index contributed by atoms with van der Waals surface area (Å²) in [6.07, 6.45) is 0. The molecule has 0 atom stereocenters. The highest BCUT2D eigenvalue weighted by Crippen LogP contribution is 2.24. The molecule has 0 fully saturated rings. The Kier molecular flexibility index (Phi) is 3.64. The van der Waals surface area contributed by atoms with Crippen LogP contribution in [0.1, 0.15) is 10.4 Å². The van der Waals surface area contributed by atoms with Crippen LogP contribution in [0.3, 0.4) is 0 Å². The van der Waals surface area contributed by atoms with Gasteiger partial charge in [-0.15, -0.1) is 11.3 Å². The molecule has 0 aliphatic rings. The summed E-state index contributed by atoms with van der Waals surface area (Å²) in [5.74, 6) is -0.871. The molecule has 0 aliphatic carbocycles. The lowest BCUT2D eigenvalue weighted by atomic mass is 10.2. The minimum Gasteiger partial charge on any atom is -0.378 e. The van der Waals surface area contributed by atoms with Gasteiger partial charge in [0.1, 0.15) is 11.6 Å². The number of hydrogen-bond donors (Lipinski definition) is 1. The van der Waals surface area contributed by atoms with Crippen molar-refractivity contribution in [1.29, 1.82) is 0 Å². The van der Waals surface area contributed by atoms with Gasteiger partial charge in [0.05, 0.1) is 10.0 Å². The fourth-order valence-electron chi connectivity index (χ4n) is 1.41. The van der Waals surface area contributed by atoms with E-state index in [9.17, 15) is 8.78 Å². The SMILES string of the molecule is Cc1cc(F)c(NCc2ccc(Cl)s2)cc1F. The molecule has 0 amide bonds. The van der Waals surface area contributed by atoms with Gasteiger partial charge in [-0.1, -0.05) is 11.6 Å². The number of hydrogen-bond acceptors (Lipinski definition) is 2. The second-order valence-corrected chi connectivity index (χ2v) is 5.44. The first-order chi connectivity index (χ1) is 8.06. The summed E-state index contributed by atoms with van der Waals surface area (Å²) >= 11 is 7.18. The van der Waals surface area contributed by atoms with E-state index < -0.39 is 11.6 Å². The molecule has 0 saturated carbocycles. The Bertz CT molecular complexity index is 539. The quantitative estimate of drug-likeness (QED) is 0.862. The predicted molar refractivity (Wildman–Crippen MR) is 67.8 cm³/mol. The third-order valence-corrected chi connectivity index (χ3v) is 3.56. The zero-order chi connectivity index (χ0) is 12.4. The van der Waals surface area contributed by atoms with E-state index in [0.717, 1.165) is 4.88 Å². The van der Waals surface area contributed by atoms with Crippen LogP contribution in [0.25, 0.3) is 0 Å². The number of rotatable bonds is 3. The number of anilines is 1. The molecule has 2 aromatic rings. The minimum atomic E-state index is -0.452. The molecule has 17 heavy (non-hydrogen) atoms. The Morgan fingerprint density at radius 3 is 2.65 bits per heavy atom. The van der Waals surface area contributed by atoms with E-state index in [1.807, 2.05) is 6.07 Å². The normalized spacial score (nSPS) is 10.6. The molecule has 2 rings (SSSR count). The van der Waals surface area contributed by atoms with Crippen LogP contribution in [0.15, 0.2) is 24.3 Å². The highest BCUT2D eigenvalue weighted by atomic mass is 35.5. The summed E-state index contributed by atoms with van der Waals surface area (Å²) in [5, 5.41) is 2.85. The largest absolute Gasteiger partial charge is 0.378 e. The second kappa shape index (κ2) is 5.02. The van der Waals surface area contributed by atoms with Gasteiger partial charge >= 0.3 is 0 Å². The van der Waals surface area contributed by atoms with Crippen molar-refractivity contribution in [3.63, 3.8) is 0 Å². The van der Waals surface area contributed by atoms with Gasteiger partial charge in [-0.05, 0) is 30.7 Å². The molecule has 1 nitrogen and oxygen atoms in total. The lowest BCUT2D eigenvalue weighted by Gasteiger charge is -2.07. The van der Waals surface area contributed by atoms with Crippen LogP contribution in [-0.4, -0.2) is 0 Å². The van der Waals surface area contributed by atoms with Crippen molar-refractivity contribution in [3.05, 3.63) is 50.7 Å². The standard InChI is InChI=1S/C12H10ClF2NS/c1-7-4-10(15)11(5-9(7)14)16-6-8-2-3-12(13)17-8/h2-5,16H,6H2,1H3. The van der Waals surface area contributed by atoms with Crippen LogP contribution in [0.5, 0.6) is 0 Å². The van der Waals surface area contributed by atoms with Gasteiger partial charge in [-0.25, -0.2) is 8.78 Å². The fraction of sp³-hybridized carbons (Fsp3) is 0.167. The molecule has 1 N–H and O–H groups in total. The Hall–Kier alpha value is -1.13. The van der Waals surface area contributed by atoms with Gasteiger partial charge in [0.25, 0.3) is 0 Å². The Labute approximate surface area is 107 Å². The molecule has 0 radical (unpaired) electrons. The van der Waals surface area contributed by atoms with Crippen molar-refractivity contribution in [2.45, 2.75) is 13.5 Å². The summed E-state index contributed by atoms with van der Waals surface area (Å²) in [4.78, 5) is 0.968. The van der Waals surface area contributed by atoms with Crippen molar-refractivity contribution in [2.24, 2.45) is 0 Å². The fourth-order valence-corrected chi connectivity index (χ4v) is 2.44. The first-order valence-electron chi connectivity index (χ1n) is 5.00. The number of halogens is 3. The average Bonchev–Trinajstić information content (AvgIpc) is 2.68. The van der Waals surface area contributed by atoms with Gasteiger partial charge in [-0.3, -0.25) is 0 Å². The maximum Gasteiger partial charge on any atom is 0.146 e. The lowest BCUT2D eigenvalue weighted by molar-refractivity contribution is 0.594. The third kappa shape index (κ3) is 2.96. The van der Waals surface area contributed by atoms with Crippen molar-refractivity contribution in [3.8, 4) is 0 Å². The summed E-state index contributed by atoms with van der Waals surface area (Å²) in [7, 11) is 0. The number of thiophene rings is 1. The molecule has 1 aromatic carbocycles. The van der Waals surface area contributed by atoms with Crippen LogP contribution in [0, 0.1) is 18.6 Å². The maximum absolute atomic E-state index is 13.5. The van der Waals surface area contributed by atoms with Crippen molar-refractivity contribution in [2.75, 3.05) is 5.32 Å². The number of aryl methyl sites for hydroxylation is 1. The van der Waals surface area contributed by atoms with Crippen LogP contribution in [0.2, 0.25) is 4.34 Å². The van der Waals surface area contributed by atoms with Crippen molar-refractivity contribution >= 4 is 28.6 Å².